The average molecular weight is 318 g/mol. The van der Waals surface area contributed by atoms with Gasteiger partial charge in [-0.1, -0.05) is 19.4 Å². The van der Waals surface area contributed by atoms with Crippen molar-refractivity contribution in [3.05, 3.63) is 23.8 Å². The van der Waals surface area contributed by atoms with Crippen LogP contribution in [0, 0.1) is 0 Å². The standard InChI is InChI=1S/C15H23NO4.ClH/c1-4-5-8-20-14-9-11(6-7-13(14)18-2)12(16)10-15(17)19-3;/h6-7,9,12H,4-5,8,10,16H2,1-3H3;1H. The highest BCUT2D eigenvalue weighted by molar-refractivity contribution is 5.85. The fourth-order valence-electron chi connectivity index (χ4n) is 1.74. The van der Waals surface area contributed by atoms with Crippen LogP contribution < -0.4 is 15.2 Å². The molecule has 0 fully saturated rings. The van der Waals surface area contributed by atoms with Gasteiger partial charge in [0.2, 0.25) is 0 Å². The third kappa shape index (κ3) is 6.23. The zero-order valence-electron chi connectivity index (χ0n) is 12.8. The maximum Gasteiger partial charge on any atom is 0.307 e. The van der Waals surface area contributed by atoms with Crippen molar-refractivity contribution in [1.29, 1.82) is 0 Å². The minimum atomic E-state index is -0.415. The SMILES string of the molecule is CCCCOc1cc(C(N)CC(=O)OC)ccc1OC.Cl. The van der Waals surface area contributed by atoms with Gasteiger partial charge < -0.3 is 19.9 Å². The van der Waals surface area contributed by atoms with E-state index in [1.54, 1.807) is 13.2 Å². The Bertz CT molecular complexity index is 440. The zero-order valence-corrected chi connectivity index (χ0v) is 13.6. The fourth-order valence-corrected chi connectivity index (χ4v) is 1.74. The van der Waals surface area contributed by atoms with Gasteiger partial charge in [-0.15, -0.1) is 12.4 Å². The number of carbonyl (C=O) groups is 1. The van der Waals surface area contributed by atoms with E-state index in [4.69, 9.17) is 15.2 Å². The fraction of sp³-hybridized carbons (Fsp3) is 0.533. The molecule has 1 aromatic carbocycles. The van der Waals surface area contributed by atoms with E-state index in [-0.39, 0.29) is 24.8 Å². The highest BCUT2D eigenvalue weighted by Gasteiger charge is 2.14. The van der Waals surface area contributed by atoms with Gasteiger partial charge in [-0.3, -0.25) is 4.79 Å². The number of hydrogen-bond donors (Lipinski definition) is 1. The molecule has 120 valence electrons. The Morgan fingerprint density at radius 3 is 2.57 bits per heavy atom. The minimum Gasteiger partial charge on any atom is -0.493 e. The van der Waals surface area contributed by atoms with Crippen LogP contribution in [0.3, 0.4) is 0 Å². The van der Waals surface area contributed by atoms with Crippen LogP contribution in [0.5, 0.6) is 11.5 Å². The number of nitrogens with two attached hydrogens (primary N) is 1. The summed E-state index contributed by atoms with van der Waals surface area (Å²) in [5.74, 6) is 0.982. The van der Waals surface area contributed by atoms with Crippen molar-refractivity contribution in [1.82, 2.24) is 0 Å². The van der Waals surface area contributed by atoms with Crippen molar-refractivity contribution in [3.63, 3.8) is 0 Å². The largest absolute Gasteiger partial charge is 0.493 e. The Morgan fingerprint density at radius 2 is 2.00 bits per heavy atom. The maximum absolute atomic E-state index is 11.3. The van der Waals surface area contributed by atoms with Gasteiger partial charge in [-0.05, 0) is 24.1 Å². The lowest BCUT2D eigenvalue weighted by Gasteiger charge is -2.15. The van der Waals surface area contributed by atoms with E-state index in [9.17, 15) is 4.79 Å². The third-order valence-corrected chi connectivity index (χ3v) is 2.99. The van der Waals surface area contributed by atoms with Gasteiger partial charge in [0.05, 0.1) is 27.2 Å². The Balaban J connectivity index is 0.00000400. The molecule has 0 aromatic heterocycles. The molecule has 1 aromatic rings. The summed E-state index contributed by atoms with van der Waals surface area (Å²) in [6, 6.07) is 5.04. The van der Waals surface area contributed by atoms with Gasteiger partial charge in [0.1, 0.15) is 0 Å². The van der Waals surface area contributed by atoms with Crippen LogP contribution in [-0.4, -0.2) is 26.8 Å². The molecule has 1 unspecified atom stereocenters. The Labute approximate surface area is 132 Å². The molecule has 21 heavy (non-hydrogen) atoms. The lowest BCUT2D eigenvalue weighted by molar-refractivity contribution is -0.141. The molecule has 0 aliphatic heterocycles. The van der Waals surface area contributed by atoms with Gasteiger partial charge in [-0.2, -0.15) is 0 Å². The van der Waals surface area contributed by atoms with Gasteiger partial charge in [0.25, 0.3) is 0 Å². The molecule has 1 rings (SSSR count). The minimum absolute atomic E-state index is 0. The smallest absolute Gasteiger partial charge is 0.307 e. The Morgan fingerprint density at radius 1 is 1.29 bits per heavy atom. The summed E-state index contributed by atoms with van der Waals surface area (Å²) in [6.07, 6.45) is 2.17. The van der Waals surface area contributed by atoms with Crippen molar-refractivity contribution in [3.8, 4) is 11.5 Å². The summed E-state index contributed by atoms with van der Waals surface area (Å²) in [5, 5.41) is 0. The predicted molar refractivity (Wildman–Crippen MR) is 84.2 cm³/mol. The summed E-state index contributed by atoms with van der Waals surface area (Å²) in [4.78, 5) is 11.3. The molecule has 0 aliphatic carbocycles. The second-order valence-electron chi connectivity index (χ2n) is 4.50. The topological polar surface area (TPSA) is 70.8 Å². The highest BCUT2D eigenvalue weighted by Crippen LogP contribution is 2.30. The lowest BCUT2D eigenvalue weighted by Crippen LogP contribution is -2.16. The molecule has 6 heteroatoms. The highest BCUT2D eigenvalue weighted by atomic mass is 35.5. The lowest BCUT2D eigenvalue weighted by atomic mass is 10.0. The molecular formula is C15H24ClNO4. The van der Waals surface area contributed by atoms with Crippen LogP contribution >= 0.6 is 12.4 Å². The summed E-state index contributed by atoms with van der Waals surface area (Å²) in [7, 11) is 2.94. The molecule has 0 saturated carbocycles. The van der Waals surface area contributed by atoms with Crippen LogP contribution in [0.4, 0.5) is 0 Å². The van der Waals surface area contributed by atoms with Crippen LogP contribution in [0.15, 0.2) is 18.2 Å². The van der Waals surface area contributed by atoms with E-state index in [1.807, 2.05) is 12.1 Å². The summed E-state index contributed by atoms with van der Waals surface area (Å²) in [5.41, 5.74) is 6.81. The first-order valence-electron chi connectivity index (χ1n) is 6.75. The Hall–Kier alpha value is -1.46. The quantitative estimate of drug-likeness (QED) is 0.589. The second-order valence-corrected chi connectivity index (χ2v) is 4.50. The number of unbranched alkanes of at least 4 members (excludes halogenated alkanes) is 1. The van der Waals surface area contributed by atoms with Crippen molar-refractivity contribution in [2.45, 2.75) is 32.2 Å². The number of hydrogen-bond acceptors (Lipinski definition) is 5. The van der Waals surface area contributed by atoms with Crippen molar-refractivity contribution in [2.24, 2.45) is 5.73 Å². The third-order valence-electron chi connectivity index (χ3n) is 2.99. The number of methoxy groups -OCH3 is 2. The number of esters is 1. The van der Waals surface area contributed by atoms with Gasteiger partial charge in [-0.25, -0.2) is 0 Å². The second kappa shape index (κ2) is 10.3. The maximum atomic E-state index is 11.3. The molecule has 2 N–H and O–H groups in total. The summed E-state index contributed by atoms with van der Waals surface area (Å²) >= 11 is 0. The van der Waals surface area contributed by atoms with Crippen molar-refractivity contribution < 1.29 is 19.0 Å². The zero-order chi connectivity index (χ0) is 15.0. The first-order valence-corrected chi connectivity index (χ1v) is 6.75. The van der Waals surface area contributed by atoms with E-state index in [1.165, 1.54) is 7.11 Å². The van der Waals surface area contributed by atoms with Crippen LogP contribution in [0.25, 0.3) is 0 Å². The van der Waals surface area contributed by atoms with Crippen molar-refractivity contribution in [2.75, 3.05) is 20.8 Å². The number of carbonyl (C=O) groups excluding carboxylic acids is 1. The number of ether oxygens (including phenoxy) is 3. The van der Waals surface area contributed by atoms with E-state index in [0.717, 1.165) is 18.4 Å². The van der Waals surface area contributed by atoms with E-state index in [2.05, 4.69) is 11.7 Å². The molecule has 0 saturated heterocycles. The van der Waals surface area contributed by atoms with Crippen LogP contribution in [-0.2, 0) is 9.53 Å². The first-order chi connectivity index (χ1) is 9.62. The van der Waals surface area contributed by atoms with Gasteiger partial charge in [0.15, 0.2) is 11.5 Å². The van der Waals surface area contributed by atoms with Crippen LogP contribution in [0.2, 0.25) is 0 Å². The molecule has 0 amide bonds. The molecule has 0 heterocycles. The molecule has 0 aliphatic rings. The normalized spacial score (nSPS) is 11.2. The first kappa shape index (κ1) is 19.5. The average Bonchev–Trinajstić information content (AvgIpc) is 2.47. The molecule has 0 bridgehead atoms. The van der Waals surface area contributed by atoms with E-state index >= 15 is 0 Å². The molecular weight excluding hydrogens is 294 g/mol. The number of benzene rings is 1. The van der Waals surface area contributed by atoms with Crippen LogP contribution in [0.1, 0.15) is 37.8 Å². The van der Waals surface area contributed by atoms with E-state index in [0.29, 0.717) is 18.1 Å². The predicted octanol–water partition coefficient (Wildman–Crippen LogP) is 2.86. The summed E-state index contributed by atoms with van der Waals surface area (Å²) in [6.45, 7) is 2.73. The van der Waals surface area contributed by atoms with Gasteiger partial charge in [0, 0.05) is 6.04 Å². The molecule has 1 atom stereocenters. The Kier molecular flexibility index (Phi) is 9.58. The van der Waals surface area contributed by atoms with E-state index < -0.39 is 6.04 Å². The molecule has 5 nitrogen and oxygen atoms in total. The van der Waals surface area contributed by atoms with Crippen molar-refractivity contribution >= 4 is 18.4 Å². The summed E-state index contributed by atoms with van der Waals surface area (Å²) < 4.78 is 15.6. The molecule has 0 spiro atoms. The van der Waals surface area contributed by atoms with Gasteiger partial charge >= 0.3 is 5.97 Å². The molecule has 0 radical (unpaired) electrons. The number of rotatable bonds is 8. The number of halogens is 1. The monoisotopic (exact) mass is 317 g/mol.